The highest BCUT2D eigenvalue weighted by atomic mass is 16.3. The Morgan fingerprint density at radius 3 is 2.46 bits per heavy atom. The second-order valence-electron chi connectivity index (χ2n) is 5.56. The molecule has 122 valence electrons. The number of nitrogens with two attached hydrogens (primary N) is 1. The van der Waals surface area contributed by atoms with E-state index < -0.39 is 11.9 Å². The highest BCUT2D eigenvalue weighted by Gasteiger charge is 2.17. The van der Waals surface area contributed by atoms with Crippen molar-refractivity contribution in [1.29, 1.82) is 0 Å². The van der Waals surface area contributed by atoms with Gasteiger partial charge in [0.2, 0.25) is 5.91 Å². The van der Waals surface area contributed by atoms with Crippen LogP contribution in [-0.2, 0) is 4.79 Å². The summed E-state index contributed by atoms with van der Waals surface area (Å²) in [6, 6.07) is 16.1. The largest absolute Gasteiger partial charge is 0.456 e. The number of benzene rings is 2. The smallest absolute Gasteiger partial charge is 0.251 e. The summed E-state index contributed by atoms with van der Waals surface area (Å²) in [5.41, 5.74) is 7.41. The summed E-state index contributed by atoms with van der Waals surface area (Å²) >= 11 is 0. The number of nitrogens with one attached hydrogen (secondary N) is 1. The van der Waals surface area contributed by atoms with Crippen LogP contribution < -0.4 is 11.1 Å². The van der Waals surface area contributed by atoms with Gasteiger partial charge >= 0.3 is 0 Å². The van der Waals surface area contributed by atoms with Crippen molar-refractivity contribution in [3.63, 3.8) is 0 Å². The van der Waals surface area contributed by atoms with Gasteiger partial charge in [0.05, 0.1) is 0 Å². The first kappa shape index (κ1) is 15.8. The van der Waals surface area contributed by atoms with Gasteiger partial charge in [0, 0.05) is 16.5 Å². The molecule has 5 nitrogen and oxygen atoms in total. The number of primary amides is 1. The predicted octanol–water partition coefficient (Wildman–Crippen LogP) is 3.09. The van der Waals surface area contributed by atoms with E-state index in [1.165, 1.54) is 0 Å². The molecule has 24 heavy (non-hydrogen) atoms. The van der Waals surface area contributed by atoms with Crippen LogP contribution in [0.2, 0.25) is 0 Å². The van der Waals surface area contributed by atoms with Crippen molar-refractivity contribution in [3.8, 4) is 11.3 Å². The molecule has 0 saturated carbocycles. The number of hydrogen-bond donors (Lipinski definition) is 2. The lowest BCUT2D eigenvalue weighted by Crippen LogP contribution is -2.43. The first-order valence-corrected chi connectivity index (χ1v) is 7.77. The molecule has 0 radical (unpaired) electrons. The van der Waals surface area contributed by atoms with Crippen molar-refractivity contribution in [2.45, 2.75) is 19.4 Å². The van der Waals surface area contributed by atoms with Gasteiger partial charge in [-0.05, 0) is 30.7 Å². The Labute approximate surface area is 139 Å². The molecule has 1 unspecified atom stereocenters. The number of hydrogen-bond acceptors (Lipinski definition) is 3. The Kier molecular flexibility index (Phi) is 4.33. The van der Waals surface area contributed by atoms with Crippen LogP contribution in [0, 0.1) is 0 Å². The third-order valence-corrected chi connectivity index (χ3v) is 3.91. The monoisotopic (exact) mass is 322 g/mol. The van der Waals surface area contributed by atoms with Crippen molar-refractivity contribution < 1.29 is 14.0 Å². The van der Waals surface area contributed by atoms with E-state index in [-0.39, 0.29) is 5.91 Å². The van der Waals surface area contributed by atoms with Crippen LogP contribution in [0.4, 0.5) is 0 Å². The van der Waals surface area contributed by atoms with Gasteiger partial charge in [-0.15, -0.1) is 0 Å². The summed E-state index contributed by atoms with van der Waals surface area (Å²) < 4.78 is 5.81. The van der Waals surface area contributed by atoms with Gasteiger partial charge in [0.25, 0.3) is 5.91 Å². The molecule has 0 aliphatic heterocycles. The van der Waals surface area contributed by atoms with Gasteiger partial charge in [0.15, 0.2) is 0 Å². The fourth-order valence-corrected chi connectivity index (χ4v) is 2.53. The minimum atomic E-state index is -0.660. The van der Waals surface area contributed by atoms with Gasteiger partial charge in [-0.25, -0.2) is 0 Å². The third-order valence-electron chi connectivity index (χ3n) is 3.91. The topological polar surface area (TPSA) is 85.3 Å². The van der Waals surface area contributed by atoms with Gasteiger partial charge in [0.1, 0.15) is 17.4 Å². The molecule has 0 spiro atoms. The SMILES string of the molecule is CCC(NC(=O)c1ccc(-c2cc3ccccc3o2)cc1)C(N)=O. The highest BCUT2D eigenvalue weighted by molar-refractivity contribution is 5.97. The normalized spacial score (nSPS) is 12.0. The maximum atomic E-state index is 12.2. The first-order chi connectivity index (χ1) is 11.6. The number of fused-ring (bicyclic) bond motifs is 1. The number of carbonyl (C=O) groups is 2. The van der Waals surface area contributed by atoms with Crippen LogP contribution in [0.25, 0.3) is 22.3 Å². The van der Waals surface area contributed by atoms with E-state index in [0.29, 0.717) is 12.0 Å². The van der Waals surface area contributed by atoms with Crippen LogP contribution >= 0.6 is 0 Å². The third kappa shape index (κ3) is 3.15. The molecule has 1 aromatic heterocycles. The van der Waals surface area contributed by atoms with Crippen molar-refractivity contribution in [1.82, 2.24) is 5.32 Å². The minimum Gasteiger partial charge on any atom is -0.456 e. The number of para-hydroxylation sites is 1. The van der Waals surface area contributed by atoms with E-state index in [2.05, 4.69) is 5.32 Å². The molecule has 2 aromatic carbocycles. The first-order valence-electron chi connectivity index (χ1n) is 7.77. The molecule has 3 aromatic rings. The van der Waals surface area contributed by atoms with E-state index in [4.69, 9.17) is 10.2 Å². The van der Waals surface area contributed by atoms with Crippen LogP contribution in [0.1, 0.15) is 23.7 Å². The lowest BCUT2D eigenvalue weighted by molar-refractivity contribution is -0.119. The van der Waals surface area contributed by atoms with E-state index in [1.54, 1.807) is 19.1 Å². The Balaban J connectivity index is 1.80. The molecule has 5 heteroatoms. The quantitative estimate of drug-likeness (QED) is 0.757. The van der Waals surface area contributed by atoms with Crippen LogP contribution in [0.15, 0.2) is 59.0 Å². The van der Waals surface area contributed by atoms with Gasteiger partial charge in [-0.1, -0.05) is 37.3 Å². The molecule has 1 heterocycles. The average Bonchev–Trinajstić information content (AvgIpc) is 3.03. The molecular formula is C19H18N2O3. The van der Waals surface area contributed by atoms with Crippen LogP contribution in [0.5, 0.6) is 0 Å². The Hall–Kier alpha value is -3.08. The summed E-state index contributed by atoms with van der Waals surface area (Å²) in [5, 5.41) is 3.66. The van der Waals surface area contributed by atoms with Gasteiger partial charge < -0.3 is 15.5 Å². The van der Waals surface area contributed by atoms with Gasteiger partial charge in [-0.3, -0.25) is 9.59 Å². The van der Waals surface area contributed by atoms with Crippen molar-refractivity contribution in [2.75, 3.05) is 0 Å². The summed E-state index contributed by atoms with van der Waals surface area (Å²) in [6.45, 7) is 1.79. The molecule has 0 aliphatic carbocycles. The van der Waals surface area contributed by atoms with Crippen molar-refractivity contribution >= 4 is 22.8 Å². The highest BCUT2D eigenvalue weighted by Crippen LogP contribution is 2.27. The summed E-state index contributed by atoms with van der Waals surface area (Å²) in [4.78, 5) is 23.4. The molecule has 0 aliphatic rings. The van der Waals surface area contributed by atoms with E-state index in [0.717, 1.165) is 22.3 Å². The minimum absolute atomic E-state index is 0.322. The lowest BCUT2D eigenvalue weighted by Gasteiger charge is -2.13. The molecular weight excluding hydrogens is 304 g/mol. The van der Waals surface area contributed by atoms with E-state index >= 15 is 0 Å². The fraction of sp³-hybridized carbons (Fsp3) is 0.158. The molecule has 0 fully saturated rings. The zero-order valence-corrected chi connectivity index (χ0v) is 13.3. The van der Waals surface area contributed by atoms with Gasteiger partial charge in [-0.2, -0.15) is 0 Å². The number of carbonyl (C=O) groups excluding carboxylic acids is 2. The summed E-state index contributed by atoms with van der Waals surface area (Å²) in [6.07, 6.45) is 0.456. The van der Waals surface area contributed by atoms with E-state index in [1.807, 2.05) is 42.5 Å². The molecule has 3 N–H and O–H groups in total. The molecule has 3 rings (SSSR count). The Bertz CT molecular complexity index is 848. The predicted molar refractivity (Wildman–Crippen MR) is 92.4 cm³/mol. The standard InChI is InChI=1S/C19H18N2O3/c1-2-15(18(20)22)21-19(23)13-9-7-12(8-10-13)17-11-14-5-3-4-6-16(14)24-17/h3-11,15H,2H2,1H3,(H2,20,22)(H,21,23). The fourth-order valence-electron chi connectivity index (χ4n) is 2.53. The maximum Gasteiger partial charge on any atom is 0.251 e. The Morgan fingerprint density at radius 2 is 1.83 bits per heavy atom. The van der Waals surface area contributed by atoms with Crippen molar-refractivity contribution in [2.24, 2.45) is 5.73 Å². The molecule has 0 saturated heterocycles. The average molecular weight is 322 g/mol. The molecule has 2 amide bonds. The summed E-state index contributed by atoms with van der Waals surface area (Å²) in [7, 11) is 0. The second kappa shape index (κ2) is 6.58. The maximum absolute atomic E-state index is 12.2. The zero-order chi connectivity index (χ0) is 17.1. The van der Waals surface area contributed by atoms with E-state index in [9.17, 15) is 9.59 Å². The Morgan fingerprint density at radius 1 is 1.12 bits per heavy atom. The number of amides is 2. The molecule has 1 atom stereocenters. The summed E-state index contributed by atoms with van der Waals surface area (Å²) in [5.74, 6) is -0.117. The lowest BCUT2D eigenvalue weighted by atomic mass is 10.1. The number of furan rings is 1. The zero-order valence-electron chi connectivity index (χ0n) is 13.3. The number of rotatable bonds is 5. The second-order valence-corrected chi connectivity index (χ2v) is 5.56. The van der Waals surface area contributed by atoms with Crippen LogP contribution in [0.3, 0.4) is 0 Å². The van der Waals surface area contributed by atoms with Crippen molar-refractivity contribution in [3.05, 3.63) is 60.2 Å². The molecule has 0 bridgehead atoms. The van der Waals surface area contributed by atoms with Crippen LogP contribution in [-0.4, -0.2) is 17.9 Å².